The van der Waals surface area contributed by atoms with Gasteiger partial charge in [0.15, 0.2) is 0 Å². The van der Waals surface area contributed by atoms with Gasteiger partial charge < -0.3 is 15.5 Å². The lowest BCUT2D eigenvalue weighted by atomic mass is 10.1. The summed E-state index contributed by atoms with van der Waals surface area (Å²) in [4.78, 5) is 12.0. The van der Waals surface area contributed by atoms with Gasteiger partial charge in [-0.1, -0.05) is 15.9 Å². The molecule has 0 aromatic heterocycles. The number of amides is 1. The molecule has 1 fully saturated rings. The Labute approximate surface area is 108 Å². The van der Waals surface area contributed by atoms with E-state index in [1.54, 1.807) is 0 Å². The maximum atomic E-state index is 11.8. The first-order chi connectivity index (χ1) is 8.08. The lowest BCUT2D eigenvalue weighted by Crippen LogP contribution is -2.30. The number of rotatable bonds is 4. The molecule has 1 unspecified atom stereocenters. The van der Waals surface area contributed by atoms with Crippen LogP contribution in [0.25, 0.3) is 0 Å². The number of carbonyl (C=O) groups excluding carboxylic acids is 1. The van der Waals surface area contributed by atoms with Crippen LogP contribution in [0.1, 0.15) is 23.2 Å². The van der Waals surface area contributed by atoms with Crippen LogP contribution < -0.4 is 5.32 Å². The van der Waals surface area contributed by atoms with Crippen LogP contribution in [0.2, 0.25) is 0 Å². The van der Waals surface area contributed by atoms with Gasteiger partial charge >= 0.3 is 0 Å². The van der Waals surface area contributed by atoms with Gasteiger partial charge in [0.05, 0.1) is 5.56 Å². The zero-order chi connectivity index (χ0) is 12.4. The zero-order valence-electron chi connectivity index (χ0n) is 9.19. The van der Waals surface area contributed by atoms with Gasteiger partial charge in [0.1, 0.15) is 11.5 Å². The number of nitrogens with one attached hydrogen (secondary N) is 1. The molecule has 0 spiro atoms. The molecular weight excluding hydrogens is 286 g/mol. The summed E-state index contributed by atoms with van der Waals surface area (Å²) in [5, 5.41) is 21.5. The van der Waals surface area contributed by atoms with E-state index in [2.05, 4.69) is 21.2 Å². The van der Waals surface area contributed by atoms with Crippen LogP contribution >= 0.6 is 15.9 Å². The topological polar surface area (TPSA) is 69.6 Å². The molecule has 5 heteroatoms. The Morgan fingerprint density at radius 1 is 1.47 bits per heavy atom. The van der Waals surface area contributed by atoms with Crippen molar-refractivity contribution in [2.75, 3.05) is 6.54 Å². The average molecular weight is 300 g/mol. The van der Waals surface area contributed by atoms with Crippen LogP contribution in [-0.2, 0) is 0 Å². The maximum absolute atomic E-state index is 11.8. The number of carbonyl (C=O) groups is 1. The molecule has 1 aliphatic carbocycles. The van der Waals surface area contributed by atoms with Crippen molar-refractivity contribution in [3.8, 4) is 11.5 Å². The van der Waals surface area contributed by atoms with Gasteiger partial charge in [0.2, 0.25) is 0 Å². The molecule has 0 bridgehead atoms. The highest BCUT2D eigenvalue weighted by atomic mass is 79.9. The third-order valence-corrected chi connectivity index (χ3v) is 3.89. The Hall–Kier alpha value is -1.23. The fraction of sp³-hybridized carbons (Fsp3) is 0.417. The molecule has 4 nitrogen and oxygen atoms in total. The predicted octanol–water partition coefficient (Wildman–Crippen LogP) is 2.00. The normalized spacial score (nSPS) is 16.5. The van der Waals surface area contributed by atoms with Crippen molar-refractivity contribution in [3.63, 3.8) is 0 Å². The highest BCUT2D eigenvalue weighted by Gasteiger charge is 2.29. The lowest BCUT2D eigenvalue weighted by molar-refractivity contribution is 0.0950. The van der Waals surface area contributed by atoms with Crippen molar-refractivity contribution in [1.29, 1.82) is 0 Å². The second kappa shape index (κ2) is 4.96. The molecule has 3 N–H and O–H groups in total. The Balaban J connectivity index is 1.96. The molecule has 0 saturated heterocycles. The third-order valence-electron chi connectivity index (χ3n) is 2.82. The standard InChI is InChI=1S/C12H14BrNO3/c13-10(7-1-2-7)6-14-12(17)9-5-8(15)3-4-11(9)16/h3-5,7,10,15-16H,1-2,6H2,(H,14,17). The summed E-state index contributed by atoms with van der Waals surface area (Å²) in [7, 11) is 0. The van der Waals surface area contributed by atoms with Gasteiger partial charge in [-0.05, 0) is 37.0 Å². The van der Waals surface area contributed by atoms with Gasteiger partial charge in [-0.2, -0.15) is 0 Å². The molecular formula is C12H14BrNO3. The van der Waals surface area contributed by atoms with Crippen LogP contribution in [0.5, 0.6) is 11.5 Å². The van der Waals surface area contributed by atoms with Gasteiger partial charge in [-0.15, -0.1) is 0 Å². The van der Waals surface area contributed by atoms with Crippen LogP contribution in [0.4, 0.5) is 0 Å². The number of hydrogen-bond donors (Lipinski definition) is 3. The van der Waals surface area contributed by atoms with Gasteiger partial charge in [-0.25, -0.2) is 0 Å². The largest absolute Gasteiger partial charge is 0.508 e. The summed E-state index contributed by atoms with van der Waals surface area (Å²) in [6, 6.07) is 3.89. The second-order valence-electron chi connectivity index (χ2n) is 4.26. The van der Waals surface area contributed by atoms with Crippen molar-refractivity contribution in [1.82, 2.24) is 5.32 Å². The minimum atomic E-state index is -0.372. The molecule has 1 aromatic carbocycles. The van der Waals surface area contributed by atoms with E-state index in [1.165, 1.54) is 31.0 Å². The maximum Gasteiger partial charge on any atom is 0.255 e. The van der Waals surface area contributed by atoms with E-state index in [0.717, 1.165) is 0 Å². The summed E-state index contributed by atoms with van der Waals surface area (Å²) in [6.07, 6.45) is 2.40. The number of alkyl halides is 1. The SMILES string of the molecule is O=C(NCC(Br)C1CC1)c1cc(O)ccc1O. The predicted molar refractivity (Wildman–Crippen MR) is 67.5 cm³/mol. The van der Waals surface area contributed by atoms with E-state index < -0.39 is 0 Å². The summed E-state index contributed by atoms with van der Waals surface area (Å²) in [5.41, 5.74) is 0.0977. The lowest BCUT2D eigenvalue weighted by Gasteiger charge is -2.10. The third kappa shape index (κ3) is 3.12. The number of hydrogen-bond acceptors (Lipinski definition) is 3. The van der Waals surface area contributed by atoms with E-state index >= 15 is 0 Å². The van der Waals surface area contributed by atoms with Gasteiger partial charge in [0.25, 0.3) is 5.91 Å². The monoisotopic (exact) mass is 299 g/mol. The number of aromatic hydroxyl groups is 2. The molecule has 92 valence electrons. The molecule has 17 heavy (non-hydrogen) atoms. The first-order valence-corrected chi connectivity index (χ1v) is 6.43. The summed E-state index contributed by atoms with van der Waals surface area (Å²) < 4.78 is 0. The minimum absolute atomic E-state index is 0.0365. The average Bonchev–Trinajstić information content (AvgIpc) is 3.12. The zero-order valence-corrected chi connectivity index (χ0v) is 10.8. The van der Waals surface area contributed by atoms with E-state index in [4.69, 9.17) is 0 Å². The smallest absolute Gasteiger partial charge is 0.255 e. The molecule has 0 heterocycles. The molecule has 1 saturated carbocycles. The Kier molecular flexibility index (Phi) is 3.57. The molecule has 1 amide bonds. The van der Waals surface area contributed by atoms with E-state index in [-0.39, 0.29) is 27.8 Å². The molecule has 2 rings (SSSR count). The molecule has 1 aromatic rings. The van der Waals surface area contributed by atoms with Crippen molar-refractivity contribution in [3.05, 3.63) is 23.8 Å². The van der Waals surface area contributed by atoms with Crippen molar-refractivity contribution in [2.45, 2.75) is 17.7 Å². The number of halogens is 1. The Morgan fingerprint density at radius 3 is 2.82 bits per heavy atom. The molecule has 1 atom stereocenters. The van der Waals surface area contributed by atoms with Gasteiger partial charge in [-0.3, -0.25) is 4.79 Å². The quantitative estimate of drug-likeness (QED) is 0.588. The van der Waals surface area contributed by atoms with Crippen molar-refractivity contribution < 1.29 is 15.0 Å². The van der Waals surface area contributed by atoms with E-state index in [1.807, 2.05) is 0 Å². The van der Waals surface area contributed by atoms with Crippen LogP contribution in [-0.4, -0.2) is 27.5 Å². The van der Waals surface area contributed by atoms with Gasteiger partial charge in [0, 0.05) is 11.4 Å². The first-order valence-electron chi connectivity index (χ1n) is 5.52. The second-order valence-corrected chi connectivity index (χ2v) is 5.44. The summed E-state index contributed by atoms with van der Waals surface area (Å²) in [5.74, 6) is 0.111. The highest BCUT2D eigenvalue weighted by Crippen LogP contribution is 2.36. The fourth-order valence-corrected chi connectivity index (χ4v) is 2.31. The highest BCUT2D eigenvalue weighted by molar-refractivity contribution is 9.09. The van der Waals surface area contributed by atoms with E-state index in [0.29, 0.717) is 12.5 Å². The van der Waals surface area contributed by atoms with Crippen LogP contribution in [0.15, 0.2) is 18.2 Å². The number of phenols is 2. The summed E-state index contributed by atoms with van der Waals surface area (Å²) in [6.45, 7) is 0.526. The summed E-state index contributed by atoms with van der Waals surface area (Å²) >= 11 is 3.51. The Bertz CT molecular complexity index is 432. The fourth-order valence-electron chi connectivity index (χ4n) is 1.62. The first kappa shape index (κ1) is 12.2. The van der Waals surface area contributed by atoms with Crippen LogP contribution in [0.3, 0.4) is 0 Å². The van der Waals surface area contributed by atoms with Crippen LogP contribution in [0, 0.1) is 5.92 Å². The van der Waals surface area contributed by atoms with E-state index in [9.17, 15) is 15.0 Å². The molecule has 0 radical (unpaired) electrons. The Morgan fingerprint density at radius 2 is 2.18 bits per heavy atom. The number of phenolic OH excluding ortho intramolecular Hbond substituents is 2. The van der Waals surface area contributed by atoms with Crippen molar-refractivity contribution in [2.24, 2.45) is 5.92 Å². The number of benzene rings is 1. The van der Waals surface area contributed by atoms with Crippen molar-refractivity contribution >= 4 is 21.8 Å². The molecule has 0 aliphatic heterocycles. The minimum Gasteiger partial charge on any atom is -0.508 e. The molecule has 1 aliphatic rings.